The Kier molecular flexibility index (Phi) is 9.80. The molecule has 0 radical (unpaired) electrons. The SMILES string of the molecule is CC(C(=O)NC1CCN(CCc2ccccc2)CC1)C1CNC1.Cl.Cl. The molecule has 1 atom stereocenters. The van der Waals surface area contributed by atoms with E-state index in [1.165, 1.54) is 5.56 Å². The standard InChI is InChI=1S/C19H29N3O.2ClH/c1-15(17-13-20-14-17)19(23)21-18-8-11-22(12-9-18)10-7-16-5-3-2-4-6-16;;/h2-6,15,17-18,20H,7-14H2,1H3,(H,21,23);2*1H. The predicted molar refractivity (Wildman–Crippen MR) is 108 cm³/mol. The number of nitrogens with zero attached hydrogens (tertiary/aromatic N) is 1. The van der Waals surface area contributed by atoms with Crippen molar-refractivity contribution >= 4 is 30.7 Å². The fraction of sp³-hybridized carbons (Fsp3) is 0.632. The van der Waals surface area contributed by atoms with Gasteiger partial charge in [-0.05, 0) is 43.8 Å². The van der Waals surface area contributed by atoms with Crippen molar-refractivity contribution in [2.75, 3.05) is 32.7 Å². The minimum atomic E-state index is 0. The Labute approximate surface area is 163 Å². The van der Waals surface area contributed by atoms with Crippen LogP contribution in [0.2, 0.25) is 0 Å². The Balaban J connectivity index is 0.00000156. The van der Waals surface area contributed by atoms with Crippen molar-refractivity contribution in [2.45, 2.75) is 32.2 Å². The summed E-state index contributed by atoms with van der Waals surface area (Å²) in [6.07, 6.45) is 3.27. The molecule has 1 unspecified atom stereocenters. The molecule has 2 N–H and O–H groups in total. The van der Waals surface area contributed by atoms with Gasteiger partial charge in [-0.1, -0.05) is 37.3 Å². The molecule has 1 aromatic carbocycles. The zero-order valence-corrected chi connectivity index (χ0v) is 16.6. The first kappa shape index (κ1) is 22.2. The van der Waals surface area contributed by atoms with Gasteiger partial charge in [-0.25, -0.2) is 0 Å². The van der Waals surface area contributed by atoms with Gasteiger partial charge in [0.2, 0.25) is 5.91 Å². The Bertz CT molecular complexity index is 503. The summed E-state index contributed by atoms with van der Waals surface area (Å²) in [7, 11) is 0. The number of amides is 1. The number of rotatable bonds is 6. The van der Waals surface area contributed by atoms with E-state index in [1.54, 1.807) is 0 Å². The van der Waals surface area contributed by atoms with Crippen LogP contribution in [0.1, 0.15) is 25.3 Å². The average molecular weight is 388 g/mol. The molecule has 6 heteroatoms. The summed E-state index contributed by atoms with van der Waals surface area (Å²) in [6, 6.07) is 11.0. The molecule has 142 valence electrons. The van der Waals surface area contributed by atoms with Crippen LogP contribution >= 0.6 is 24.8 Å². The van der Waals surface area contributed by atoms with Crippen LogP contribution in [0.25, 0.3) is 0 Å². The molecule has 2 aliphatic rings. The second-order valence-corrected chi connectivity index (χ2v) is 7.07. The van der Waals surface area contributed by atoms with E-state index in [0.29, 0.717) is 12.0 Å². The lowest BCUT2D eigenvalue weighted by molar-refractivity contribution is -0.127. The molecule has 25 heavy (non-hydrogen) atoms. The second kappa shape index (κ2) is 11.0. The number of piperidine rings is 1. The zero-order valence-electron chi connectivity index (χ0n) is 14.9. The maximum atomic E-state index is 12.3. The first-order valence-electron chi connectivity index (χ1n) is 9.00. The molecular weight excluding hydrogens is 357 g/mol. The van der Waals surface area contributed by atoms with E-state index in [-0.39, 0.29) is 36.6 Å². The lowest BCUT2D eigenvalue weighted by Crippen LogP contribution is -2.52. The van der Waals surface area contributed by atoms with Crippen molar-refractivity contribution in [3.63, 3.8) is 0 Å². The van der Waals surface area contributed by atoms with E-state index in [9.17, 15) is 4.79 Å². The fourth-order valence-electron chi connectivity index (χ4n) is 3.44. The molecule has 0 aliphatic carbocycles. The quantitative estimate of drug-likeness (QED) is 0.787. The Morgan fingerprint density at radius 3 is 2.40 bits per heavy atom. The Hall–Kier alpha value is -0.810. The van der Waals surface area contributed by atoms with Crippen molar-refractivity contribution in [3.8, 4) is 0 Å². The van der Waals surface area contributed by atoms with E-state index >= 15 is 0 Å². The molecule has 2 aliphatic heterocycles. The van der Waals surface area contributed by atoms with Crippen molar-refractivity contribution in [3.05, 3.63) is 35.9 Å². The molecule has 1 amide bonds. The van der Waals surface area contributed by atoms with E-state index in [0.717, 1.165) is 52.0 Å². The summed E-state index contributed by atoms with van der Waals surface area (Å²) < 4.78 is 0. The lowest BCUT2D eigenvalue weighted by Gasteiger charge is -2.35. The van der Waals surface area contributed by atoms with Gasteiger partial charge in [0.25, 0.3) is 0 Å². The highest BCUT2D eigenvalue weighted by Crippen LogP contribution is 2.18. The van der Waals surface area contributed by atoms with Gasteiger partial charge < -0.3 is 15.5 Å². The molecule has 2 saturated heterocycles. The zero-order chi connectivity index (χ0) is 16.1. The number of benzene rings is 1. The number of hydrogen-bond donors (Lipinski definition) is 2. The molecule has 4 nitrogen and oxygen atoms in total. The Morgan fingerprint density at radius 2 is 1.84 bits per heavy atom. The minimum Gasteiger partial charge on any atom is -0.353 e. The molecule has 2 heterocycles. The molecule has 0 bridgehead atoms. The summed E-state index contributed by atoms with van der Waals surface area (Å²) in [5.74, 6) is 0.924. The van der Waals surface area contributed by atoms with E-state index in [1.807, 2.05) is 0 Å². The minimum absolute atomic E-state index is 0. The predicted octanol–water partition coefficient (Wildman–Crippen LogP) is 2.51. The third-order valence-electron chi connectivity index (χ3n) is 5.43. The van der Waals surface area contributed by atoms with Gasteiger partial charge in [0.1, 0.15) is 0 Å². The summed E-state index contributed by atoms with van der Waals surface area (Å²) in [5.41, 5.74) is 1.41. The normalized spacial score (nSPS) is 19.9. The number of nitrogens with one attached hydrogen (secondary N) is 2. The third-order valence-corrected chi connectivity index (χ3v) is 5.43. The van der Waals surface area contributed by atoms with Crippen LogP contribution in [0.4, 0.5) is 0 Å². The Morgan fingerprint density at radius 1 is 1.20 bits per heavy atom. The van der Waals surface area contributed by atoms with Gasteiger partial charge in [0.15, 0.2) is 0 Å². The summed E-state index contributed by atoms with van der Waals surface area (Å²) in [5, 5.41) is 6.52. The topological polar surface area (TPSA) is 44.4 Å². The van der Waals surface area contributed by atoms with E-state index in [2.05, 4.69) is 52.8 Å². The fourth-order valence-corrected chi connectivity index (χ4v) is 3.44. The van der Waals surface area contributed by atoms with Crippen molar-refractivity contribution in [2.24, 2.45) is 11.8 Å². The van der Waals surface area contributed by atoms with Gasteiger partial charge in [-0.15, -0.1) is 24.8 Å². The van der Waals surface area contributed by atoms with Crippen molar-refractivity contribution in [1.29, 1.82) is 0 Å². The molecule has 0 aromatic heterocycles. The van der Waals surface area contributed by atoms with Gasteiger partial charge in [0.05, 0.1) is 0 Å². The van der Waals surface area contributed by atoms with Gasteiger partial charge >= 0.3 is 0 Å². The maximum absolute atomic E-state index is 12.3. The monoisotopic (exact) mass is 387 g/mol. The van der Waals surface area contributed by atoms with Crippen LogP contribution in [-0.4, -0.2) is 49.6 Å². The number of hydrogen-bond acceptors (Lipinski definition) is 3. The van der Waals surface area contributed by atoms with Crippen molar-refractivity contribution in [1.82, 2.24) is 15.5 Å². The highest BCUT2D eigenvalue weighted by molar-refractivity contribution is 5.85. The molecular formula is C19H31Cl2N3O. The largest absolute Gasteiger partial charge is 0.353 e. The molecule has 3 rings (SSSR count). The number of carbonyl (C=O) groups is 1. The van der Waals surface area contributed by atoms with Crippen LogP contribution in [0.3, 0.4) is 0 Å². The van der Waals surface area contributed by atoms with Gasteiger partial charge in [-0.2, -0.15) is 0 Å². The van der Waals surface area contributed by atoms with Crippen LogP contribution in [-0.2, 0) is 11.2 Å². The maximum Gasteiger partial charge on any atom is 0.223 e. The first-order chi connectivity index (χ1) is 11.2. The molecule has 1 aromatic rings. The highest BCUT2D eigenvalue weighted by Gasteiger charge is 2.30. The lowest BCUT2D eigenvalue weighted by atomic mass is 9.88. The molecule has 2 fully saturated rings. The summed E-state index contributed by atoms with van der Waals surface area (Å²) in [4.78, 5) is 14.8. The van der Waals surface area contributed by atoms with Crippen molar-refractivity contribution < 1.29 is 4.79 Å². The van der Waals surface area contributed by atoms with Crippen LogP contribution in [0.15, 0.2) is 30.3 Å². The second-order valence-electron chi connectivity index (χ2n) is 7.07. The van der Waals surface area contributed by atoms with Gasteiger partial charge in [0, 0.05) is 31.6 Å². The van der Waals surface area contributed by atoms with E-state index < -0.39 is 0 Å². The van der Waals surface area contributed by atoms with Crippen LogP contribution in [0.5, 0.6) is 0 Å². The third kappa shape index (κ3) is 6.45. The smallest absolute Gasteiger partial charge is 0.223 e. The van der Waals surface area contributed by atoms with Gasteiger partial charge in [-0.3, -0.25) is 4.79 Å². The number of halogens is 2. The van der Waals surface area contributed by atoms with Crippen LogP contribution in [0, 0.1) is 11.8 Å². The summed E-state index contributed by atoms with van der Waals surface area (Å²) >= 11 is 0. The first-order valence-corrected chi connectivity index (χ1v) is 9.00. The van der Waals surface area contributed by atoms with E-state index in [4.69, 9.17) is 0 Å². The average Bonchev–Trinajstić information content (AvgIpc) is 2.53. The summed E-state index contributed by atoms with van der Waals surface area (Å²) in [6.45, 7) is 7.36. The number of likely N-dealkylation sites (tertiary alicyclic amines) is 1. The molecule has 0 saturated carbocycles. The molecule has 0 spiro atoms. The highest BCUT2D eigenvalue weighted by atomic mass is 35.5. The van der Waals surface area contributed by atoms with Crippen LogP contribution < -0.4 is 10.6 Å². The number of carbonyl (C=O) groups excluding carboxylic acids is 1.